The minimum absolute atomic E-state index is 0.207. The lowest BCUT2D eigenvalue weighted by Gasteiger charge is -2.44. The van der Waals surface area contributed by atoms with Gasteiger partial charge in [-0.05, 0) is 13.3 Å². The number of carbonyl (C=O) groups is 1. The largest absolute Gasteiger partial charge is 0.388 e. The first kappa shape index (κ1) is 23.5. The monoisotopic (exact) mass is 374 g/mol. The zero-order valence-corrected chi connectivity index (χ0v) is 16.4. The summed E-state index contributed by atoms with van der Waals surface area (Å²) in [7, 11) is 0. The second kappa shape index (κ2) is 12.0. The fraction of sp³-hybridized carbons (Fsp3) is 0.950. The lowest BCUT2D eigenvalue weighted by molar-refractivity contribution is -0.341. The first-order chi connectivity index (χ1) is 12.3. The van der Waals surface area contributed by atoms with Crippen molar-refractivity contribution < 1.29 is 30.0 Å². The lowest BCUT2D eigenvalue weighted by atomic mass is 9.89. The molecule has 0 aliphatic carbocycles. The van der Waals surface area contributed by atoms with Crippen LogP contribution in [0.3, 0.4) is 0 Å². The smallest absolute Gasteiger partial charge is 0.202 e. The third-order valence-corrected chi connectivity index (χ3v) is 5.27. The van der Waals surface area contributed by atoms with E-state index in [2.05, 4.69) is 6.92 Å². The highest BCUT2D eigenvalue weighted by Gasteiger charge is 2.52. The first-order valence-electron chi connectivity index (χ1n) is 10.3. The second-order valence-corrected chi connectivity index (χ2v) is 7.74. The predicted molar refractivity (Wildman–Crippen MR) is 99.6 cm³/mol. The SMILES string of the molecule is CCCCCCCCCCCCC(=O)C[C@]1(O)O[C@@H](C)[C@@H](O)[C@@H](O)[C@@H]1O. The van der Waals surface area contributed by atoms with Crippen LogP contribution in [0.4, 0.5) is 0 Å². The molecule has 0 aromatic heterocycles. The molecule has 0 saturated carbocycles. The molecule has 0 amide bonds. The minimum atomic E-state index is -2.13. The molecule has 0 aromatic rings. The van der Waals surface area contributed by atoms with Crippen molar-refractivity contribution in [2.45, 2.75) is 121 Å². The Balaban J connectivity index is 2.16. The Kier molecular flexibility index (Phi) is 10.9. The van der Waals surface area contributed by atoms with Gasteiger partial charge >= 0.3 is 0 Å². The van der Waals surface area contributed by atoms with Crippen molar-refractivity contribution in [1.29, 1.82) is 0 Å². The van der Waals surface area contributed by atoms with E-state index in [1.54, 1.807) is 0 Å². The second-order valence-electron chi connectivity index (χ2n) is 7.74. The summed E-state index contributed by atoms with van der Waals surface area (Å²) in [4.78, 5) is 12.1. The molecule has 4 N–H and O–H groups in total. The number of carbonyl (C=O) groups excluding carboxylic acids is 1. The Bertz CT molecular complexity index is 402. The van der Waals surface area contributed by atoms with E-state index in [0.717, 1.165) is 19.3 Å². The molecule has 1 rings (SSSR count). The molecular weight excluding hydrogens is 336 g/mol. The van der Waals surface area contributed by atoms with E-state index in [1.165, 1.54) is 51.9 Å². The van der Waals surface area contributed by atoms with Gasteiger partial charge in [0.1, 0.15) is 24.1 Å². The normalized spacial score (nSPS) is 31.9. The minimum Gasteiger partial charge on any atom is -0.388 e. The summed E-state index contributed by atoms with van der Waals surface area (Å²) in [6.45, 7) is 3.70. The van der Waals surface area contributed by atoms with Crippen LogP contribution in [0.5, 0.6) is 0 Å². The van der Waals surface area contributed by atoms with E-state index >= 15 is 0 Å². The summed E-state index contributed by atoms with van der Waals surface area (Å²) in [5.74, 6) is -2.34. The van der Waals surface area contributed by atoms with Gasteiger partial charge in [0, 0.05) is 6.42 Å². The van der Waals surface area contributed by atoms with Crippen LogP contribution in [-0.4, -0.2) is 56.4 Å². The third kappa shape index (κ3) is 7.61. The highest BCUT2D eigenvalue weighted by molar-refractivity contribution is 5.79. The van der Waals surface area contributed by atoms with E-state index < -0.39 is 30.2 Å². The molecule has 0 bridgehead atoms. The van der Waals surface area contributed by atoms with Gasteiger partial charge in [-0.3, -0.25) is 4.79 Å². The van der Waals surface area contributed by atoms with Crippen molar-refractivity contribution in [3.05, 3.63) is 0 Å². The van der Waals surface area contributed by atoms with Crippen LogP contribution in [0.2, 0.25) is 0 Å². The Morgan fingerprint density at radius 3 is 1.92 bits per heavy atom. The Labute approximate surface area is 157 Å². The molecule has 1 fully saturated rings. The van der Waals surface area contributed by atoms with Crippen molar-refractivity contribution in [2.24, 2.45) is 0 Å². The van der Waals surface area contributed by atoms with Gasteiger partial charge in [-0.15, -0.1) is 0 Å². The average molecular weight is 375 g/mol. The predicted octanol–water partition coefficient (Wildman–Crippen LogP) is 2.45. The lowest BCUT2D eigenvalue weighted by Crippen LogP contribution is -2.64. The van der Waals surface area contributed by atoms with Crippen molar-refractivity contribution in [2.75, 3.05) is 0 Å². The molecule has 1 aliphatic rings. The molecule has 1 heterocycles. The van der Waals surface area contributed by atoms with Crippen LogP contribution in [0.15, 0.2) is 0 Å². The Morgan fingerprint density at radius 2 is 1.38 bits per heavy atom. The number of ether oxygens (including phenoxy) is 1. The molecule has 6 heteroatoms. The molecule has 0 unspecified atom stereocenters. The maximum absolute atomic E-state index is 12.1. The van der Waals surface area contributed by atoms with E-state index in [0.29, 0.717) is 6.42 Å². The van der Waals surface area contributed by atoms with Crippen LogP contribution in [0.1, 0.15) is 90.9 Å². The number of hydrogen-bond acceptors (Lipinski definition) is 6. The highest BCUT2D eigenvalue weighted by atomic mass is 16.7. The van der Waals surface area contributed by atoms with E-state index in [-0.39, 0.29) is 12.2 Å². The maximum Gasteiger partial charge on any atom is 0.202 e. The van der Waals surface area contributed by atoms with Crippen molar-refractivity contribution in [1.82, 2.24) is 0 Å². The molecule has 6 nitrogen and oxygen atoms in total. The zero-order chi connectivity index (χ0) is 19.6. The standard InChI is InChI=1S/C20H38O6/c1-3-4-5-6-7-8-9-10-11-12-13-16(21)14-20(25)19(24)18(23)17(22)15(2)26-20/h15,17-19,22-25H,3-14H2,1-2H3/t15-,17+,18+,19-,20-/m0/s1. The quantitative estimate of drug-likeness (QED) is 0.369. The van der Waals surface area contributed by atoms with E-state index in [1.807, 2.05) is 0 Å². The third-order valence-electron chi connectivity index (χ3n) is 5.27. The van der Waals surface area contributed by atoms with Crippen LogP contribution in [0.25, 0.3) is 0 Å². The Morgan fingerprint density at radius 1 is 0.885 bits per heavy atom. The van der Waals surface area contributed by atoms with Gasteiger partial charge in [0.05, 0.1) is 12.5 Å². The number of ketones is 1. The number of rotatable bonds is 13. The molecule has 0 spiro atoms. The summed E-state index contributed by atoms with van der Waals surface area (Å²) >= 11 is 0. The van der Waals surface area contributed by atoms with Gasteiger partial charge in [0.2, 0.25) is 5.79 Å². The van der Waals surface area contributed by atoms with Crippen LogP contribution in [0, 0.1) is 0 Å². The summed E-state index contributed by atoms with van der Waals surface area (Å²) < 4.78 is 5.21. The number of Topliss-reactive ketones (excluding diaryl/α,β-unsaturated/α-hetero) is 1. The summed E-state index contributed by atoms with van der Waals surface area (Å²) in [5, 5.41) is 39.7. The Hall–Kier alpha value is -0.530. The van der Waals surface area contributed by atoms with Gasteiger partial charge in [-0.1, -0.05) is 64.7 Å². The van der Waals surface area contributed by atoms with E-state index in [4.69, 9.17) is 4.74 Å². The van der Waals surface area contributed by atoms with Gasteiger partial charge < -0.3 is 25.2 Å². The van der Waals surface area contributed by atoms with Gasteiger partial charge in [0.15, 0.2) is 0 Å². The highest BCUT2D eigenvalue weighted by Crippen LogP contribution is 2.31. The molecule has 154 valence electrons. The van der Waals surface area contributed by atoms with Crippen molar-refractivity contribution in [3.63, 3.8) is 0 Å². The van der Waals surface area contributed by atoms with Gasteiger partial charge in [-0.25, -0.2) is 0 Å². The number of aliphatic hydroxyl groups excluding tert-OH is 3. The fourth-order valence-electron chi connectivity index (χ4n) is 3.52. The molecule has 0 radical (unpaired) electrons. The first-order valence-corrected chi connectivity index (χ1v) is 10.3. The van der Waals surface area contributed by atoms with Gasteiger partial charge in [0.25, 0.3) is 0 Å². The van der Waals surface area contributed by atoms with Crippen molar-refractivity contribution >= 4 is 5.78 Å². The molecule has 5 atom stereocenters. The van der Waals surface area contributed by atoms with Crippen molar-refractivity contribution in [3.8, 4) is 0 Å². The van der Waals surface area contributed by atoms with E-state index in [9.17, 15) is 25.2 Å². The molecule has 1 saturated heterocycles. The summed E-state index contributed by atoms with van der Waals surface area (Å²) in [5.41, 5.74) is 0. The molecule has 0 aromatic carbocycles. The molecule has 1 aliphatic heterocycles. The van der Waals surface area contributed by atoms with Crippen LogP contribution >= 0.6 is 0 Å². The summed E-state index contributed by atoms with van der Waals surface area (Å²) in [6.07, 6.45) is 6.33. The van der Waals surface area contributed by atoms with Gasteiger partial charge in [-0.2, -0.15) is 0 Å². The fourth-order valence-corrected chi connectivity index (χ4v) is 3.52. The number of aliphatic hydroxyl groups is 4. The number of hydrogen-bond donors (Lipinski definition) is 4. The van der Waals surface area contributed by atoms with Crippen LogP contribution < -0.4 is 0 Å². The average Bonchev–Trinajstić information content (AvgIpc) is 2.60. The molecule has 26 heavy (non-hydrogen) atoms. The topological polar surface area (TPSA) is 107 Å². The summed E-state index contributed by atoms with van der Waals surface area (Å²) in [6, 6.07) is 0. The maximum atomic E-state index is 12.1. The number of unbranched alkanes of at least 4 members (excludes halogenated alkanes) is 9. The zero-order valence-electron chi connectivity index (χ0n) is 16.4. The molecular formula is C20H38O6. The van der Waals surface area contributed by atoms with Crippen LogP contribution in [-0.2, 0) is 9.53 Å².